The van der Waals surface area contributed by atoms with Crippen molar-refractivity contribution in [3.8, 4) is 0 Å². The van der Waals surface area contributed by atoms with Gasteiger partial charge in [0.25, 0.3) is 0 Å². The summed E-state index contributed by atoms with van der Waals surface area (Å²) in [5.41, 5.74) is 0.579. The van der Waals surface area contributed by atoms with Gasteiger partial charge in [-0.3, -0.25) is 4.98 Å². The number of aromatic nitrogens is 3. The van der Waals surface area contributed by atoms with Crippen molar-refractivity contribution in [1.29, 1.82) is 0 Å². The molecule has 7 nitrogen and oxygen atoms in total. The lowest BCUT2D eigenvalue weighted by atomic mass is 10.2. The maximum atomic E-state index is 12.8. The Morgan fingerprint density at radius 1 is 1.48 bits per heavy atom. The van der Waals surface area contributed by atoms with Crippen molar-refractivity contribution in [2.75, 3.05) is 13.6 Å². The van der Waals surface area contributed by atoms with Gasteiger partial charge in [0.05, 0.1) is 12.6 Å². The first-order valence-electron chi connectivity index (χ1n) is 6.35. The van der Waals surface area contributed by atoms with Crippen molar-refractivity contribution < 1.29 is 17.3 Å². The van der Waals surface area contributed by atoms with E-state index in [4.69, 9.17) is 4.52 Å². The summed E-state index contributed by atoms with van der Waals surface area (Å²) in [5.74, 6) is -0.00189. The maximum Gasteiger partial charge on any atom is 0.246 e. The van der Waals surface area contributed by atoms with Crippen LogP contribution in [0.15, 0.2) is 22.9 Å². The van der Waals surface area contributed by atoms with E-state index < -0.39 is 21.1 Å². The molecule has 2 aromatic heterocycles. The van der Waals surface area contributed by atoms with Gasteiger partial charge in [-0.15, -0.1) is 0 Å². The minimum absolute atomic E-state index is 0.0939. The van der Waals surface area contributed by atoms with E-state index in [9.17, 15) is 12.8 Å². The molecule has 3 rings (SSSR count). The van der Waals surface area contributed by atoms with Crippen molar-refractivity contribution in [2.45, 2.75) is 18.1 Å². The highest BCUT2D eigenvalue weighted by Crippen LogP contribution is 2.33. The Kier molecular flexibility index (Phi) is 3.46. The number of nitrogens with zero attached hydrogens (tertiary/aromatic N) is 4. The van der Waals surface area contributed by atoms with Crippen LogP contribution in [-0.4, -0.2) is 41.4 Å². The molecule has 1 aliphatic heterocycles. The fourth-order valence-electron chi connectivity index (χ4n) is 2.19. The summed E-state index contributed by atoms with van der Waals surface area (Å²) in [6.07, 6.45) is 1.79. The summed E-state index contributed by atoms with van der Waals surface area (Å²) in [6, 6.07) is 2.81. The van der Waals surface area contributed by atoms with E-state index in [1.54, 1.807) is 0 Å². The molecule has 1 unspecified atom stereocenters. The van der Waals surface area contributed by atoms with E-state index in [2.05, 4.69) is 15.1 Å². The molecule has 1 fully saturated rings. The van der Waals surface area contributed by atoms with Crippen molar-refractivity contribution in [2.24, 2.45) is 0 Å². The van der Waals surface area contributed by atoms with Gasteiger partial charge in [0, 0.05) is 19.3 Å². The number of hydrogen-bond donors (Lipinski definition) is 0. The molecule has 9 heteroatoms. The van der Waals surface area contributed by atoms with Crippen LogP contribution in [0.4, 0.5) is 4.39 Å². The average Bonchev–Trinajstić information content (AvgIpc) is 2.98. The predicted molar refractivity (Wildman–Crippen MR) is 70.2 cm³/mol. The Hall–Kier alpha value is -1.87. The molecule has 21 heavy (non-hydrogen) atoms. The number of rotatable bonds is 3. The largest absolute Gasteiger partial charge is 0.338 e. The van der Waals surface area contributed by atoms with E-state index in [1.807, 2.05) is 0 Å². The third kappa shape index (κ3) is 2.66. The standard InChI is InChI=1S/C12H13FN4O3S/c1-17-5-4-10(21(17,18)19)12-15-11(16-20-12)6-9-3-2-8(13)7-14-9/h2-3,7,10H,4-6H2,1H3. The third-order valence-corrected chi connectivity index (χ3v) is 5.60. The first-order valence-corrected chi connectivity index (χ1v) is 7.85. The molecule has 0 aliphatic carbocycles. The van der Waals surface area contributed by atoms with Crippen LogP contribution in [0.5, 0.6) is 0 Å². The number of sulfonamides is 1. The highest BCUT2D eigenvalue weighted by molar-refractivity contribution is 7.89. The second kappa shape index (κ2) is 5.15. The third-order valence-electron chi connectivity index (χ3n) is 3.39. The summed E-state index contributed by atoms with van der Waals surface area (Å²) in [5, 5.41) is 2.98. The van der Waals surface area contributed by atoms with Crippen molar-refractivity contribution in [3.63, 3.8) is 0 Å². The van der Waals surface area contributed by atoms with Crippen LogP contribution < -0.4 is 0 Å². The molecule has 0 radical (unpaired) electrons. The number of pyridine rings is 1. The van der Waals surface area contributed by atoms with Crippen LogP contribution in [0.25, 0.3) is 0 Å². The first-order chi connectivity index (χ1) is 9.96. The van der Waals surface area contributed by atoms with Gasteiger partial charge in [-0.1, -0.05) is 5.16 Å². The molecule has 0 N–H and O–H groups in total. The smallest absolute Gasteiger partial charge is 0.246 e. The minimum atomic E-state index is -3.41. The lowest BCUT2D eigenvalue weighted by molar-refractivity contribution is 0.368. The zero-order chi connectivity index (χ0) is 15.0. The number of halogens is 1. The lowest BCUT2D eigenvalue weighted by Gasteiger charge is -2.07. The SMILES string of the molecule is CN1CCC(c2nc(Cc3ccc(F)cn3)no2)S1(=O)=O. The van der Waals surface area contributed by atoms with Gasteiger partial charge in [-0.05, 0) is 18.6 Å². The highest BCUT2D eigenvalue weighted by Gasteiger charge is 2.41. The van der Waals surface area contributed by atoms with Gasteiger partial charge in [-0.2, -0.15) is 4.98 Å². The van der Waals surface area contributed by atoms with Crippen molar-refractivity contribution in [1.82, 2.24) is 19.4 Å². The monoisotopic (exact) mass is 312 g/mol. The zero-order valence-corrected chi connectivity index (χ0v) is 12.0. The van der Waals surface area contributed by atoms with Gasteiger partial charge in [0.1, 0.15) is 5.82 Å². The van der Waals surface area contributed by atoms with E-state index in [1.165, 1.54) is 23.5 Å². The molecule has 1 atom stereocenters. The molecule has 2 aromatic rings. The van der Waals surface area contributed by atoms with Gasteiger partial charge in [-0.25, -0.2) is 17.1 Å². The Morgan fingerprint density at radius 3 is 2.90 bits per heavy atom. The second-order valence-corrected chi connectivity index (χ2v) is 7.06. The zero-order valence-electron chi connectivity index (χ0n) is 11.2. The maximum absolute atomic E-state index is 12.8. The molecule has 0 bridgehead atoms. The topological polar surface area (TPSA) is 89.2 Å². The molecule has 1 saturated heterocycles. The van der Waals surface area contributed by atoms with Crippen LogP contribution >= 0.6 is 0 Å². The molecule has 0 saturated carbocycles. The second-order valence-electron chi connectivity index (χ2n) is 4.84. The Morgan fingerprint density at radius 2 is 2.29 bits per heavy atom. The quantitative estimate of drug-likeness (QED) is 0.836. The molecule has 0 spiro atoms. The molecule has 0 aromatic carbocycles. The van der Waals surface area contributed by atoms with E-state index in [0.717, 1.165) is 6.20 Å². The normalized spacial score (nSPS) is 21.7. The Labute approximate surface area is 120 Å². The first kappa shape index (κ1) is 14.1. The molecule has 112 valence electrons. The van der Waals surface area contributed by atoms with Gasteiger partial charge >= 0.3 is 0 Å². The summed E-state index contributed by atoms with van der Waals surface area (Å²) in [7, 11) is -1.89. The van der Waals surface area contributed by atoms with E-state index >= 15 is 0 Å². The predicted octanol–water partition coefficient (Wildman–Crippen LogP) is 0.901. The van der Waals surface area contributed by atoms with Gasteiger partial charge in [0.15, 0.2) is 11.1 Å². The van der Waals surface area contributed by atoms with Crippen LogP contribution in [0.2, 0.25) is 0 Å². The Bertz CT molecular complexity index is 744. The van der Waals surface area contributed by atoms with Crippen LogP contribution in [0, 0.1) is 5.82 Å². The molecule has 1 aliphatic rings. The minimum Gasteiger partial charge on any atom is -0.338 e. The van der Waals surface area contributed by atoms with Gasteiger partial charge in [0.2, 0.25) is 15.9 Å². The van der Waals surface area contributed by atoms with E-state index in [-0.39, 0.29) is 12.3 Å². The fourth-order valence-corrected chi connectivity index (χ4v) is 3.73. The summed E-state index contributed by atoms with van der Waals surface area (Å²) in [6.45, 7) is 0.435. The number of hydrogen-bond acceptors (Lipinski definition) is 6. The van der Waals surface area contributed by atoms with Crippen molar-refractivity contribution >= 4 is 10.0 Å². The van der Waals surface area contributed by atoms with Crippen LogP contribution in [-0.2, 0) is 16.4 Å². The summed E-state index contributed by atoms with van der Waals surface area (Å²) < 4.78 is 43.2. The molecule has 0 amide bonds. The fraction of sp³-hybridized carbons (Fsp3) is 0.417. The van der Waals surface area contributed by atoms with Crippen molar-refractivity contribution in [3.05, 3.63) is 41.6 Å². The van der Waals surface area contributed by atoms with Gasteiger partial charge < -0.3 is 4.52 Å². The summed E-state index contributed by atoms with van der Waals surface area (Å²) in [4.78, 5) is 8.02. The molecular formula is C12H13FN4O3S. The van der Waals surface area contributed by atoms with Crippen LogP contribution in [0.1, 0.15) is 29.1 Å². The van der Waals surface area contributed by atoms with E-state index in [0.29, 0.717) is 24.5 Å². The molecular weight excluding hydrogens is 299 g/mol. The average molecular weight is 312 g/mol. The molecule has 3 heterocycles. The van der Waals surface area contributed by atoms with Crippen LogP contribution in [0.3, 0.4) is 0 Å². The summed E-state index contributed by atoms with van der Waals surface area (Å²) >= 11 is 0. The highest BCUT2D eigenvalue weighted by atomic mass is 32.2. The Balaban J connectivity index is 1.79. The lowest BCUT2D eigenvalue weighted by Crippen LogP contribution is -2.22.